The monoisotopic (exact) mass is 243 g/mol. The van der Waals surface area contributed by atoms with E-state index >= 15 is 0 Å². The van der Waals surface area contributed by atoms with Crippen molar-refractivity contribution in [2.75, 3.05) is 19.8 Å². The van der Waals surface area contributed by atoms with E-state index < -0.39 is 0 Å². The SMILES string of the molecule is NCC1(C2(c3ccc4c(c3)CCC4)COC2)CC1. The highest BCUT2D eigenvalue weighted by Gasteiger charge is 2.62. The van der Waals surface area contributed by atoms with E-state index in [1.807, 2.05) is 0 Å². The first-order valence-corrected chi connectivity index (χ1v) is 7.20. The molecule has 1 aliphatic heterocycles. The summed E-state index contributed by atoms with van der Waals surface area (Å²) in [5.74, 6) is 0. The number of nitrogens with two attached hydrogens (primary N) is 1. The third-order valence-electron chi connectivity index (χ3n) is 5.61. The third kappa shape index (κ3) is 1.25. The molecule has 1 saturated carbocycles. The normalized spacial score (nSPS) is 26.5. The molecule has 2 nitrogen and oxygen atoms in total. The van der Waals surface area contributed by atoms with Crippen LogP contribution in [0.5, 0.6) is 0 Å². The van der Waals surface area contributed by atoms with Gasteiger partial charge in [-0.1, -0.05) is 18.2 Å². The van der Waals surface area contributed by atoms with E-state index in [0.717, 1.165) is 19.8 Å². The fourth-order valence-corrected chi connectivity index (χ4v) is 3.98. The zero-order valence-electron chi connectivity index (χ0n) is 10.9. The molecule has 3 aliphatic rings. The van der Waals surface area contributed by atoms with Crippen molar-refractivity contribution in [1.82, 2.24) is 0 Å². The van der Waals surface area contributed by atoms with Crippen molar-refractivity contribution in [2.24, 2.45) is 11.1 Å². The summed E-state index contributed by atoms with van der Waals surface area (Å²) >= 11 is 0. The van der Waals surface area contributed by atoms with Crippen molar-refractivity contribution in [3.63, 3.8) is 0 Å². The second kappa shape index (κ2) is 3.58. The number of hydrogen-bond acceptors (Lipinski definition) is 2. The van der Waals surface area contributed by atoms with Crippen molar-refractivity contribution in [3.8, 4) is 0 Å². The van der Waals surface area contributed by atoms with E-state index in [9.17, 15) is 0 Å². The molecular formula is C16H21NO. The number of aryl methyl sites for hydroxylation is 2. The molecule has 1 aromatic carbocycles. The number of hydrogen-bond donors (Lipinski definition) is 1. The quantitative estimate of drug-likeness (QED) is 0.883. The lowest BCUT2D eigenvalue weighted by Crippen LogP contribution is -2.56. The van der Waals surface area contributed by atoms with Crippen LogP contribution in [0, 0.1) is 5.41 Å². The van der Waals surface area contributed by atoms with Crippen LogP contribution in [0.2, 0.25) is 0 Å². The predicted octanol–water partition coefficient (Wildman–Crippen LogP) is 2.18. The molecule has 0 radical (unpaired) electrons. The average molecular weight is 243 g/mol. The first-order valence-electron chi connectivity index (χ1n) is 7.20. The molecule has 0 atom stereocenters. The van der Waals surface area contributed by atoms with Gasteiger partial charge in [-0.25, -0.2) is 0 Å². The van der Waals surface area contributed by atoms with Crippen LogP contribution in [-0.2, 0) is 23.0 Å². The molecule has 18 heavy (non-hydrogen) atoms. The number of rotatable bonds is 3. The molecule has 96 valence electrons. The topological polar surface area (TPSA) is 35.2 Å². The summed E-state index contributed by atoms with van der Waals surface area (Å²) in [4.78, 5) is 0. The molecule has 1 heterocycles. The Labute approximate surface area is 109 Å². The Morgan fingerprint density at radius 3 is 2.50 bits per heavy atom. The molecule has 4 rings (SSSR count). The van der Waals surface area contributed by atoms with Crippen LogP contribution < -0.4 is 5.73 Å². The van der Waals surface area contributed by atoms with Gasteiger partial charge in [0.1, 0.15) is 0 Å². The molecule has 1 saturated heterocycles. The minimum atomic E-state index is 0.235. The fraction of sp³-hybridized carbons (Fsp3) is 0.625. The van der Waals surface area contributed by atoms with Gasteiger partial charge >= 0.3 is 0 Å². The lowest BCUT2D eigenvalue weighted by Gasteiger charge is -2.48. The van der Waals surface area contributed by atoms with Gasteiger partial charge in [0.05, 0.1) is 13.2 Å². The van der Waals surface area contributed by atoms with Crippen LogP contribution in [0.1, 0.15) is 36.0 Å². The molecule has 0 spiro atoms. The van der Waals surface area contributed by atoms with Gasteiger partial charge in [0.2, 0.25) is 0 Å². The van der Waals surface area contributed by atoms with E-state index in [-0.39, 0.29) is 5.41 Å². The van der Waals surface area contributed by atoms with Crippen LogP contribution in [-0.4, -0.2) is 19.8 Å². The van der Waals surface area contributed by atoms with Gasteiger partial charge in [-0.05, 0) is 60.8 Å². The van der Waals surface area contributed by atoms with E-state index in [1.54, 1.807) is 11.1 Å². The summed E-state index contributed by atoms with van der Waals surface area (Å²) in [7, 11) is 0. The highest BCUT2D eigenvalue weighted by atomic mass is 16.5. The van der Waals surface area contributed by atoms with Gasteiger partial charge < -0.3 is 10.5 Å². The Hall–Kier alpha value is -0.860. The Kier molecular flexibility index (Phi) is 2.19. The lowest BCUT2D eigenvalue weighted by molar-refractivity contribution is -0.0973. The fourth-order valence-electron chi connectivity index (χ4n) is 3.98. The Bertz CT molecular complexity index is 486. The van der Waals surface area contributed by atoms with E-state index in [2.05, 4.69) is 18.2 Å². The minimum absolute atomic E-state index is 0.235. The van der Waals surface area contributed by atoms with Crippen LogP contribution in [0.25, 0.3) is 0 Å². The van der Waals surface area contributed by atoms with Crippen molar-refractivity contribution < 1.29 is 4.74 Å². The molecule has 1 aromatic rings. The van der Waals surface area contributed by atoms with Crippen LogP contribution >= 0.6 is 0 Å². The second-order valence-corrected chi connectivity index (χ2v) is 6.40. The van der Waals surface area contributed by atoms with E-state index in [4.69, 9.17) is 10.5 Å². The van der Waals surface area contributed by atoms with Gasteiger partial charge in [0, 0.05) is 5.41 Å². The molecule has 2 N–H and O–H groups in total. The number of ether oxygens (including phenoxy) is 1. The minimum Gasteiger partial charge on any atom is -0.379 e. The maximum absolute atomic E-state index is 6.06. The summed E-state index contributed by atoms with van der Waals surface area (Å²) in [6.45, 7) is 2.57. The van der Waals surface area contributed by atoms with Gasteiger partial charge in [-0.15, -0.1) is 0 Å². The number of benzene rings is 1. The molecule has 2 aliphatic carbocycles. The first kappa shape index (κ1) is 11.0. The summed E-state index contributed by atoms with van der Waals surface area (Å²) < 4.78 is 5.58. The Morgan fingerprint density at radius 2 is 1.89 bits per heavy atom. The first-order chi connectivity index (χ1) is 8.80. The Balaban J connectivity index is 1.77. The summed E-state index contributed by atoms with van der Waals surface area (Å²) in [6.07, 6.45) is 6.41. The van der Waals surface area contributed by atoms with Crippen molar-refractivity contribution in [3.05, 3.63) is 34.9 Å². The smallest absolute Gasteiger partial charge is 0.0591 e. The standard InChI is InChI=1S/C16H21NO/c17-9-15(6-7-15)16(10-18-11-16)14-5-4-12-2-1-3-13(12)8-14/h4-5,8H,1-3,6-7,9-11,17H2. The molecule has 2 heteroatoms. The van der Waals surface area contributed by atoms with Crippen molar-refractivity contribution in [1.29, 1.82) is 0 Å². The molecular weight excluding hydrogens is 222 g/mol. The highest BCUT2D eigenvalue weighted by Crippen LogP contribution is 2.61. The second-order valence-electron chi connectivity index (χ2n) is 6.40. The van der Waals surface area contributed by atoms with E-state index in [0.29, 0.717) is 5.41 Å². The van der Waals surface area contributed by atoms with Crippen molar-refractivity contribution in [2.45, 2.75) is 37.5 Å². The van der Waals surface area contributed by atoms with Crippen LogP contribution in [0.15, 0.2) is 18.2 Å². The van der Waals surface area contributed by atoms with Gasteiger partial charge in [0.25, 0.3) is 0 Å². The Morgan fingerprint density at radius 1 is 1.11 bits per heavy atom. The largest absolute Gasteiger partial charge is 0.379 e. The molecule has 0 aromatic heterocycles. The zero-order chi connectivity index (χ0) is 12.2. The van der Waals surface area contributed by atoms with Crippen LogP contribution in [0.3, 0.4) is 0 Å². The highest BCUT2D eigenvalue weighted by molar-refractivity contribution is 5.42. The summed E-state index contributed by atoms with van der Waals surface area (Å²) in [6, 6.07) is 7.16. The van der Waals surface area contributed by atoms with Gasteiger partial charge in [0.15, 0.2) is 0 Å². The molecule has 0 unspecified atom stereocenters. The average Bonchev–Trinajstić information content (AvgIpc) is 2.99. The van der Waals surface area contributed by atoms with Crippen LogP contribution in [0.4, 0.5) is 0 Å². The predicted molar refractivity (Wildman–Crippen MR) is 71.7 cm³/mol. The van der Waals surface area contributed by atoms with Crippen molar-refractivity contribution >= 4 is 0 Å². The third-order valence-corrected chi connectivity index (χ3v) is 5.61. The number of fused-ring (bicyclic) bond motifs is 1. The van der Waals surface area contributed by atoms with Gasteiger partial charge in [-0.3, -0.25) is 0 Å². The maximum Gasteiger partial charge on any atom is 0.0591 e. The summed E-state index contributed by atoms with van der Waals surface area (Å²) in [5.41, 5.74) is 11.3. The molecule has 2 fully saturated rings. The molecule has 0 bridgehead atoms. The van der Waals surface area contributed by atoms with Gasteiger partial charge in [-0.2, -0.15) is 0 Å². The van der Waals surface area contributed by atoms with E-state index in [1.165, 1.54) is 37.7 Å². The summed E-state index contributed by atoms with van der Waals surface area (Å²) in [5, 5.41) is 0. The lowest BCUT2D eigenvalue weighted by atomic mass is 9.65. The molecule has 0 amide bonds. The maximum atomic E-state index is 6.06. The zero-order valence-corrected chi connectivity index (χ0v) is 10.9.